The van der Waals surface area contributed by atoms with Crippen LogP contribution in [0.15, 0.2) is 33.7 Å². The molecule has 0 saturated heterocycles. The Morgan fingerprint density at radius 3 is 2.90 bits per heavy atom. The molecule has 0 amide bonds. The Hall–Kier alpha value is -0.670. The first kappa shape index (κ1) is 15.7. The SMILES string of the molecule is CC(C)NC[C@H]1CCCC[C@H]1N=Cc1cccc(Br)c1. The smallest absolute Gasteiger partial charge is 0.0540 e. The number of aliphatic imine (C=N–C) groups is 1. The Bertz CT molecular complexity index is 442. The highest BCUT2D eigenvalue weighted by Crippen LogP contribution is 2.26. The normalized spacial score (nSPS) is 23.6. The molecule has 1 aromatic rings. The Morgan fingerprint density at radius 1 is 1.35 bits per heavy atom. The number of hydrogen-bond acceptors (Lipinski definition) is 2. The van der Waals surface area contributed by atoms with Crippen molar-refractivity contribution in [3.63, 3.8) is 0 Å². The fourth-order valence-electron chi connectivity index (χ4n) is 2.78. The largest absolute Gasteiger partial charge is 0.314 e. The summed E-state index contributed by atoms with van der Waals surface area (Å²) in [6, 6.07) is 9.38. The molecule has 1 aliphatic carbocycles. The Morgan fingerprint density at radius 2 is 2.15 bits per heavy atom. The molecular formula is C17H25BrN2. The second-order valence-electron chi connectivity index (χ2n) is 6.01. The Labute approximate surface area is 131 Å². The molecule has 0 aromatic heterocycles. The molecule has 1 fully saturated rings. The van der Waals surface area contributed by atoms with E-state index in [1.165, 1.54) is 31.2 Å². The van der Waals surface area contributed by atoms with Gasteiger partial charge in [0.25, 0.3) is 0 Å². The molecule has 1 saturated carbocycles. The van der Waals surface area contributed by atoms with Crippen LogP contribution in [-0.4, -0.2) is 24.8 Å². The van der Waals surface area contributed by atoms with Gasteiger partial charge in [0, 0.05) is 23.3 Å². The number of nitrogens with one attached hydrogen (secondary N) is 1. The summed E-state index contributed by atoms with van der Waals surface area (Å²) in [4.78, 5) is 4.87. The Kier molecular flexibility index (Phi) is 6.24. The van der Waals surface area contributed by atoms with Gasteiger partial charge in [-0.2, -0.15) is 0 Å². The van der Waals surface area contributed by atoms with E-state index in [1.807, 2.05) is 12.3 Å². The molecular weight excluding hydrogens is 312 g/mol. The van der Waals surface area contributed by atoms with Crippen molar-refractivity contribution in [3.8, 4) is 0 Å². The van der Waals surface area contributed by atoms with Gasteiger partial charge in [0.2, 0.25) is 0 Å². The lowest BCUT2D eigenvalue weighted by atomic mass is 9.84. The molecule has 3 heteroatoms. The van der Waals surface area contributed by atoms with Crippen LogP contribution in [0.25, 0.3) is 0 Å². The zero-order valence-corrected chi connectivity index (χ0v) is 14.1. The first-order chi connectivity index (χ1) is 9.65. The third-order valence-corrected chi connectivity index (χ3v) is 4.41. The molecule has 0 spiro atoms. The minimum atomic E-state index is 0.481. The van der Waals surface area contributed by atoms with Crippen molar-refractivity contribution in [2.24, 2.45) is 10.9 Å². The Balaban J connectivity index is 1.97. The lowest BCUT2D eigenvalue weighted by Gasteiger charge is -2.29. The summed E-state index contributed by atoms with van der Waals surface area (Å²) < 4.78 is 1.11. The third-order valence-electron chi connectivity index (χ3n) is 3.92. The molecule has 2 rings (SSSR count). The van der Waals surface area contributed by atoms with E-state index in [1.54, 1.807) is 0 Å². The standard InChI is InChI=1S/C17H25BrN2/c1-13(2)19-12-15-7-3-4-9-17(15)20-11-14-6-5-8-16(18)10-14/h5-6,8,10-11,13,15,17,19H,3-4,7,9,12H2,1-2H3/t15-,17-/m1/s1. The molecule has 0 bridgehead atoms. The molecule has 0 heterocycles. The molecule has 1 aliphatic rings. The number of nitrogens with zero attached hydrogens (tertiary/aromatic N) is 1. The average molecular weight is 337 g/mol. The van der Waals surface area contributed by atoms with E-state index in [4.69, 9.17) is 4.99 Å². The second kappa shape index (κ2) is 7.94. The summed E-state index contributed by atoms with van der Waals surface area (Å²) in [5, 5.41) is 3.57. The quantitative estimate of drug-likeness (QED) is 0.790. The lowest BCUT2D eigenvalue weighted by Crippen LogP contribution is -2.36. The zero-order valence-electron chi connectivity index (χ0n) is 12.5. The number of benzene rings is 1. The third kappa shape index (κ3) is 5.02. The van der Waals surface area contributed by atoms with Gasteiger partial charge < -0.3 is 5.32 Å². The first-order valence-electron chi connectivity index (χ1n) is 7.67. The maximum absolute atomic E-state index is 4.87. The minimum Gasteiger partial charge on any atom is -0.314 e. The van der Waals surface area contributed by atoms with E-state index < -0.39 is 0 Å². The molecule has 0 unspecified atom stereocenters. The van der Waals surface area contributed by atoms with E-state index in [0.717, 1.165) is 11.0 Å². The van der Waals surface area contributed by atoms with Gasteiger partial charge in [-0.1, -0.05) is 54.8 Å². The predicted molar refractivity (Wildman–Crippen MR) is 90.6 cm³/mol. The van der Waals surface area contributed by atoms with Gasteiger partial charge in [-0.3, -0.25) is 4.99 Å². The molecule has 0 radical (unpaired) electrons. The molecule has 0 aliphatic heterocycles. The van der Waals surface area contributed by atoms with Crippen molar-refractivity contribution < 1.29 is 0 Å². The monoisotopic (exact) mass is 336 g/mol. The van der Waals surface area contributed by atoms with E-state index in [0.29, 0.717) is 18.0 Å². The van der Waals surface area contributed by atoms with Crippen LogP contribution in [0.3, 0.4) is 0 Å². The van der Waals surface area contributed by atoms with Crippen LogP contribution in [0.2, 0.25) is 0 Å². The average Bonchev–Trinajstić information content (AvgIpc) is 2.44. The van der Waals surface area contributed by atoms with E-state index in [-0.39, 0.29) is 0 Å². The molecule has 1 aromatic carbocycles. The molecule has 110 valence electrons. The molecule has 2 atom stereocenters. The minimum absolute atomic E-state index is 0.481. The molecule has 1 N–H and O–H groups in total. The number of hydrogen-bond donors (Lipinski definition) is 1. The summed E-state index contributed by atoms with van der Waals surface area (Å²) in [6.07, 6.45) is 7.25. The maximum atomic E-state index is 4.87. The van der Waals surface area contributed by atoms with Crippen LogP contribution in [0.1, 0.15) is 45.1 Å². The lowest BCUT2D eigenvalue weighted by molar-refractivity contribution is 0.293. The second-order valence-corrected chi connectivity index (χ2v) is 6.92. The van der Waals surface area contributed by atoms with Gasteiger partial charge in [0.1, 0.15) is 0 Å². The summed E-state index contributed by atoms with van der Waals surface area (Å²) in [7, 11) is 0. The van der Waals surface area contributed by atoms with E-state index in [9.17, 15) is 0 Å². The van der Waals surface area contributed by atoms with Crippen LogP contribution in [0.4, 0.5) is 0 Å². The highest BCUT2D eigenvalue weighted by atomic mass is 79.9. The number of rotatable bonds is 5. The fourth-order valence-corrected chi connectivity index (χ4v) is 3.20. The van der Waals surface area contributed by atoms with Crippen LogP contribution < -0.4 is 5.32 Å². The van der Waals surface area contributed by atoms with Gasteiger partial charge in [-0.05, 0) is 36.5 Å². The van der Waals surface area contributed by atoms with Crippen LogP contribution >= 0.6 is 15.9 Å². The van der Waals surface area contributed by atoms with Gasteiger partial charge in [0.05, 0.1) is 6.04 Å². The molecule has 2 nitrogen and oxygen atoms in total. The van der Waals surface area contributed by atoms with Gasteiger partial charge >= 0.3 is 0 Å². The maximum Gasteiger partial charge on any atom is 0.0540 e. The van der Waals surface area contributed by atoms with Crippen molar-refractivity contribution in [2.45, 2.75) is 51.6 Å². The summed E-state index contributed by atoms with van der Waals surface area (Å²) >= 11 is 3.51. The van der Waals surface area contributed by atoms with Crippen molar-refractivity contribution in [1.29, 1.82) is 0 Å². The van der Waals surface area contributed by atoms with Crippen molar-refractivity contribution in [2.75, 3.05) is 6.54 Å². The van der Waals surface area contributed by atoms with Crippen molar-refractivity contribution >= 4 is 22.1 Å². The van der Waals surface area contributed by atoms with E-state index in [2.05, 4.69) is 53.3 Å². The van der Waals surface area contributed by atoms with Crippen LogP contribution in [-0.2, 0) is 0 Å². The van der Waals surface area contributed by atoms with Crippen LogP contribution in [0, 0.1) is 5.92 Å². The summed E-state index contributed by atoms with van der Waals surface area (Å²) in [5.41, 5.74) is 1.18. The fraction of sp³-hybridized carbons (Fsp3) is 0.588. The predicted octanol–water partition coefficient (Wildman–Crippen LogP) is 4.42. The first-order valence-corrected chi connectivity index (χ1v) is 8.46. The van der Waals surface area contributed by atoms with Gasteiger partial charge in [-0.25, -0.2) is 0 Å². The highest BCUT2D eigenvalue weighted by molar-refractivity contribution is 9.10. The summed E-state index contributed by atoms with van der Waals surface area (Å²) in [6.45, 7) is 5.52. The van der Waals surface area contributed by atoms with Gasteiger partial charge in [-0.15, -0.1) is 0 Å². The zero-order chi connectivity index (χ0) is 14.4. The summed E-state index contributed by atoms with van der Waals surface area (Å²) in [5.74, 6) is 0.689. The van der Waals surface area contributed by atoms with Gasteiger partial charge in [0.15, 0.2) is 0 Å². The highest BCUT2D eigenvalue weighted by Gasteiger charge is 2.23. The topological polar surface area (TPSA) is 24.4 Å². The number of halogens is 1. The van der Waals surface area contributed by atoms with Crippen molar-refractivity contribution in [1.82, 2.24) is 5.32 Å². The van der Waals surface area contributed by atoms with Crippen molar-refractivity contribution in [3.05, 3.63) is 34.3 Å². The molecule has 20 heavy (non-hydrogen) atoms. The van der Waals surface area contributed by atoms with E-state index >= 15 is 0 Å². The van der Waals surface area contributed by atoms with Crippen LogP contribution in [0.5, 0.6) is 0 Å².